The average Bonchev–Trinajstić information content (AvgIpc) is 2.64. The Morgan fingerprint density at radius 1 is 0.875 bits per heavy atom. The van der Waals surface area contributed by atoms with E-state index in [1.54, 1.807) is 0 Å². The fraction of sp³-hybridized carbons (Fsp3) is 0.381. The van der Waals surface area contributed by atoms with Gasteiger partial charge in [0, 0.05) is 13.6 Å². The molecule has 0 bridgehead atoms. The number of hydrogen-bond donors (Lipinski definition) is 0. The molecule has 24 heavy (non-hydrogen) atoms. The van der Waals surface area contributed by atoms with Crippen LogP contribution in [0.2, 0.25) is 0 Å². The Labute approximate surface area is 144 Å². The number of benzene rings is 2. The maximum absolute atomic E-state index is 13.2. The maximum Gasteiger partial charge on any atom is 0.328 e. The molecule has 1 saturated carbocycles. The molecule has 1 aliphatic rings. The summed E-state index contributed by atoms with van der Waals surface area (Å²) in [5, 5.41) is 0. The van der Waals surface area contributed by atoms with Gasteiger partial charge < -0.3 is 4.90 Å². The van der Waals surface area contributed by atoms with Crippen molar-refractivity contribution in [1.29, 1.82) is 0 Å². The number of nitrogens with zero attached hydrogens (tertiary/aromatic N) is 2. The summed E-state index contributed by atoms with van der Waals surface area (Å²) in [5.41, 5.74) is 1.81. The van der Waals surface area contributed by atoms with Crippen molar-refractivity contribution < 1.29 is 4.79 Å². The van der Waals surface area contributed by atoms with Gasteiger partial charge in [0.1, 0.15) is 0 Å². The largest absolute Gasteiger partial charge is 0.328 e. The molecule has 3 rings (SSSR count). The van der Waals surface area contributed by atoms with Crippen LogP contribution in [0.15, 0.2) is 60.7 Å². The number of urea groups is 1. The molecular formula is C21H26N2O. The highest BCUT2D eigenvalue weighted by molar-refractivity contribution is 5.99. The van der Waals surface area contributed by atoms with Crippen LogP contribution in [-0.2, 0) is 0 Å². The SMILES string of the molecule is CN(CC1CCCCC1)C(=O)N(c1ccccc1)c1ccccc1. The molecule has 0 saturated heterocycles. The van der Waals surface area contributed by atoms with Crippen LogP contribution in [0, 0.1) is 5.92 Å². The normalized spacial score (nSPS) is 15.0. The van der Waals surface area contributed by atoms with Crippen molar-refractivity contribution in [3.8, 4) is 0 Å². The first kappa shape index (κ1) is 16.6. The van der Waals surface area contributed by atoms with Gasteiger partial charge in [-0.2, -0.15) is 0 Å². The molecule has 1 fully saturated rings. The van der Waals surface area contributed by atoms with E-state index in [4.69, 9.17) is 0 Å². The van der Waals surface area contributed by atoms with Gasteiger partial charge in [-0.1, -0.05) is 55.7 Å². The number of carbonyl (C=O) groups excluding carboxylic acids is 1. The minimum absolute atomic E-state index is 0.0398. The summed E-state index contributed by atoms with van der Waals surface area (Å²) in [6.45, 7) is 0.842. The van der Waals surface area contributed by atoms with Crippen molar-refractivity contribution in [1.82, 2.24) is 4.90 Å². The van der Waals surface area contributed by atoms with Gasteiger partial charge in [0.15, 0.2) is 0 Å². The van der Waals surface area contributed by atoms with Crippen molar-refractivity contribution in [2.24, 2.45) is 5.92 Å². The monoisotopic (exact) mass is 322 g/mol. The Bertz CT molecular complexity index is 596. The van der Waals surface area contributed by atoms with Gasteiger partial charge in [-0.3, -0.25) is 4.90 Å². The fourth-order valence-electron chi connectivity index (χ4n) is 3.53. The molecule has 0 unspecified atom stereocenters. The molecule has 0 aromatic heterocycles. The van der Waals surface area contributed by atoms with Crippen LogP contribution >= 0.6 is 0 Å². The summed E-state index contributed by atoms with van der Waals surface area (Å²) in [4.78, 5) is 16.9. The van der Waals surface area contributed by atoms with E-state index < -0.39 is 0 Å². The summed E-state index contributed by atoms with van der Waals surface area (Å²) in [5.74, 6) is 0.640. The standard InChI is InChI=1S/C21H26N2O/c1-22(17-18-11-5-2-6-12-18)21(24)23(19-13-7-3-8-14-19)20-15-9-4-10-16-20/h3-4,7-10,13-16,18H,2,5-6,11-12,17H2,1H3. The zero-order valence-corrected chi connectivity index (χ0v) is 14.4. The van der Waals surface area contributed by atoms with Crippen LogP contribution in [0.5, 0.6) is 0 Å². The second-order valence-corrected chi connectivity index (χ2v) is 6.67. The van der Waals surface area contributed by atoms with E-state index >= 15 is 0 Å². The molecule has 3 heteroatoms. The summed E-state index contributed by atoms with van der Waals surface area (Å²) >= 11 is 0. The molecule has 2 aromatic rings. The number of carbonyl (C=O) groups is 1. The first-order valence-electron chi connectivity index (χ1n) is 8.91. The quantitative estimate of drug-likeness (QED) is 0.733. The zero-order chi connectivity index (χ0) is 16.8. The Morgan fingerprint density at radius 3 is 1.88 bits per heavy atom. The Kier molecular flexibility index (Phi) is 5.52. The molecule has 0 atom stereocenters. The summed E-state index contributed by atoms with van der Waals surface area (Å²) in [7, 11) is 1.93. The topological polar surface area (TPSA) is 23.6 Å². The molecule has 0 heterocycles. The lowest BCUT2D eigenvalue weighted by atomic mass is 9.89. The maximum atomic E-state index is 13.2. The van der Waals surface area contributed by atoms with Gasteiger partial charge in [0.25, 0.3) is 0 Å². The van der Waals surface area contributed by atoms with Crippen molar-refractivity contribution in [3.63, 3.8) is 0 Å². The lowest BCUT2D eigenvalue weighted by Crippen LogP contribution is -2.41. The third-order valence-corrected chi connectivity index (χ3v) is 4.80. The Morgan fingerprint density at radius 2 is 1.38 bits per heavy atom. The van der Waals surface area contributed by atoms with Crippen LogP contribution < -0.4 is 4.90 Å². The smallest absolute Gasteiger partial charge is 0.327 e. The van der Waals surface area contributed by atoms with Gasteiger partial charge in [0.05, 0.1) is 11.4 Å². The number of para-hydroxylation sites is 2. The summed E-state index contributed by atoms with van der Waals surface area (Å²) in [6.07, 6.45) is 6.43. The van der Waals surface area contributed by atoms with Gasteiger partial charge in [-0.05, 0) is 43.0 Å². The third kappa shape index (κ3) is 3.97. The molecular weight excluding hydrogens is 296 g/mol. The van der Waals surface area contributed by atoms with E-state index in [0.717, 1.165) is 17.9 Å². The van der Waals surface area contributed by atoms with Gasteiger partial charge in [0.2, 0.25) is 0 Å². The zero-order valence-electron chi connectivity index (χ0n) is 14.4. The van der Waals surface area contributed by atoms with Crippen LogP contribution in [0.4, 0.5) is 16.2 Å². The van der Waals surface area contributed by atoms with Gasteiger partial charge in [-0.25, -0.2) is 4.79 Å². The van der Waals surface area contributed by atoms with E-state index in [1.165, 1.54) is 32.1 Å². The molecule has 2 aromatic carbocycles. The first-order valence-corrected chi connectivity index (χ1v) is 8.91. The number of anilines is 2. The summed E-state index contributed by atoms with van der Waals surface area (Å²) < 4.78 is 0. The molecule has 2 amide bonds. The minimum Gasteiger partial charge on any atom is -0.327 e. The van der Waals surface area contributed by atoms with Crippen LogP contribution in [-0.4, -0.2) is 24.5 Å². The van der Waals surface area contributed by atoms with Crippen molar-refractivity contribution in [2.45, 2.75) is 32.1 Å². The van der Waals surface area contributed by atoms with Crippen molar-refractivity contribution in [2.75, 3.05) is 18.5 Å². The molecule has 0 spiro atoms. The number of rotatable bonds is 4. The highest BCUT2D eigenvalue weighted by Crippen LogP contribution is 2.28. The second-order valence-electron chi connectivity index (χ2n) is 6.67. The predicted octanol–water partition coefficient (Wildman–Crippen LogP) is 5.46. The molecule has 0 aliphatic heterocycles. The molecule has 1 aliphatic carbocycles. The van der Waals surface area contributed by atoms with E-state index in [9.17, 15) is 4.79 Å². The predicted molar refractivity (Wildman–Crippen MR) is 99.6 cm³/mol. The average molecular weight is 322 g/mol. The van der Waals surface area contributed by atoms with E-state index in [1.807, 2.05) is 77.5 Å². The first-order chi connectivity index (χ1) is 11.8. The van der Waals surface area contributed by atoms with E-state index in [-0.39, 0.29) is 6.03 Å². The van der Waals surface area contributed by atoms with Gasteiger partial charge >= 0.3 is 6.03 Å². The Balaban J connectivity index is 1.81. The molecule has 126 valence electrons. The van der Waals surface area contributed by atoms with Crippen LogP contribution in [0.3, 0.4) is 0 Å². The highest BCUT2D eigenvalue weighted by atomic mass is 16.2. The number of amides is 2. The Hall–Kier alpha value is -2.29. The minimum atomic E-state index is 0.0398. The van der Waals surface area contributed by atoms with Crippen LogP contribution in [0.25, 0.3) is 0 Å². The van der Waals surface area contributed by atoms with Crippen molar-refractivity contribution in [3.05, 3.63) is 60.7 Å². The lowest BCUT2D eigenvalue weighted by Gasteiger charge is -2.32. The van der Waals surface area contributed by atoms with Crippen molar-refractivity contribution >= 4 is 17.4 Å². The lowest BCUT2D eigenvalue weighted by molar-refractivity contribution is 0.200. The molecule has 3 nitrogen and oxygen atoms in total. The van der Waals surface area contributed by atoms with E-state index in [2.05, 4.69) is 0 Å². The van der Waals surface area contributed by atoms with Gasteiger partial charge in [-0.15, -0.1) is 0 Å². The molecule has 0 N–H and O–H groups in total. The third-order valence-electron chi connectivity index (χ3n) is 4.80. The van der Waals surface area contributed by atoms with E-state index in [0.29, 0.717) is 5.92 Å². The summed E-state index contributed by atoms with van der Waals surface area (Å²) in [6, 6.07) is 19.8. The second kappa shape index (κ2) is 8.00. The highest BCUT2D eigenvalue weighted by Gasteiger charge is 2.24. The number of hydrogen-bond acceptors (Lipinski definition) is 1. The fourth-order valence-corrected chi connectivity index (χ4v) is 3.53. The molecule has 0 radical (unpaired) electrons. The van der Waals surface area contributed by atoms with Crippen LogP contribution in [0.1, 0.15) is 32.1 Å².